The second-order valence-electron chi connectivity index (χ2n) is 7.74. The highest BCUT2D eigenvalue weighted by atomic mass is 16.5. The summed E-state index contributed by atoms with van der Waals surface area (Å²) in [5.41, 5.74) is 5.78. The fraction of sp³-hybridized carbons (Fsp3) is 0.185. The molecule has 0 bridgehead atoms. The molecule has 0 aliphatic carbocycles. The summed E-state index contributed by atoms with van der Waals surface area (Å²) in [4.78, 5) is 26.6. The van der Waals surface area contributed by atoms with Crippen molar-refractivity contribution < 1.29 is 14.3 Å². The number of nitrogens with one attached hydrogen (secondary N) is 1. The van der Waals surface area contributed by atoms with Gasteiger partial charge < -0.3 is 10.1 Å². The average Bonchev–Trinajstić information content (AvgIpc) is 2.76. The van der Waals surface area contributed by atoms with Crippen molar-refractivity contribution in [3.05, 3.63) is 106 Å². The molecule has 0 amide bonds. The van der Waals surface area contributed by atoms with Crippen LogP contribution in [0.2, 0.25) is 0 Å². The van der Waals surface area contributed by atoms with Gasteiger partial charge in [0.1, 0.15) is 5.75 Å². The summed E-state index contributed by atoms with van der Waals surface area (Å²) >= 11 is 0. The molecular weight excluding hydrogens is 386 g/mol. The van der Waals surface area contributed by atoms with Crippen LogP contribution in [0, 0.1) is 27.7 Å². The molecule has 0 radical (unpaired) electrons. The molecule has 4 nitrogen and oxygen atoms in total. The van der Waals surface area contributed by atoms with E-state index in [1.54, 1.807) is 19.2 Å². The second kappa shape index (κ2) is 9.43. The molecule has 0 saturated heterocycles. The predicted octanol–water partition coefficient (Wildman–Crippen LogP) is 5.99. The van der Waals surface area contributed by atoms with Gasteiger partial charge in [-0.1, -0.05) is 35.4 Å². The van der Waals surface area contributed by atoms with Crippen molar-refractivity contribution in [2.75, 3.05) is 12.4 Å². The monoisotopic (exact) mass is 413 g/mol. The molecular formula is C27H27NO3. The second-order valence-corrected chi connectivity index (χ2v) is 7.74. The van der Waals surface area contributed by atoms with Crippen LogP contribution in [0.3, 0.4) is 0 Å². The third kappa shape index (κ3) is 5.28. The lowest BCUT2D eigenvalue weighted by Gasteiger charge is -2.13. The molecule has 3 aromatic carbocycles. The van der Waals surface area contributed by atoms with Crippen LogP contribution in [-0.2, 0) is 0 Å². The van der Waals surface area contributed by atoms with Crippen molar-refractivity contribution in [3.63, 3.8) is 0 Å². The number of anilines is 1. The van der Waals surface area contributed by atoms with Crippen molar-refractivity contribution in [3.8, 4) is 5.75 Å². The number of rotatable bonds is 7. The Morgan fingerprint density at radius 1 is 0.774 bits per heavy atom. The number of ether oxygens (including phenoxy) is 1. The number of benzene rings is 3. The van der Waals surface area contributed by atoms with Crippen LogP contribution in [0.1, 0.15) is 43.0 Å². The van der Waals surface area contributed by atoms with Crippen LogP contribution in [0.25, 0.3) is 0 Å². The molecule has 0 heterocycles. The summed E-state index contributed by atoms with van der Waals surface area (Å²) < 4.78 is 5.20. The van der Waals surface area contributed by atoms with Crippen LogP contribution in [0.5, 0.6) is 5.75 Å². The predicted molar refractivity (Wildman–Crippen MR) is 125 cm³/mol. The Bertz CT molecular complexity index is 1160. The van der Waals surface area contributed by atoms with E-state index < -0.39 is 0 Å². The Kier molecular flexibility index (Phi) is 6.71. The van der Waals surface area contributed by atoms with Crippen LogP contribution in [0.15, 0.2) is 72.4 Å². The standard InChI is InChI=1S/C27H27NO3/c1-17-6-8-19(3)23(14-17)26(29)16-25(28-21-10-12-22(31-5)13-11-21)27(30)24-15-18(2)7-9-20(24)4/h6-16,28H,1-5H3/b25-16-. The van der Waals surface area contributed by atoms with E-state index in [0.29, 0.717) is 22.6 Å². The lowest BCUT2D eigenvalue weighted by molar-refractivity contribution is 0.101. The van der Waals surface area contributed by atoms with Gasteiger partial charge in [0.25, 0.3) is 0 Å². The Morgan fingerprint density at radius 2 is 1.32 bits per heavy atom. The highest BCUT2D eigenvalue weighted by molar-refractivity contribution is 6.17. The first-order valence-corrected chi connectivity index (χ1v) is 10.1. The zero-order chi connectivity index (χ0) is 22.5. The molecule has 0 fully saturated rings. The van der Waals surface area contributed by atoms with Crippen LogP contribution in [-0.4, -0.2) is 18.7 Å². The first-order valence-electron chi connectivity index (χ1n) is 10.1. The quantitative estimate of drug-likeness (QED) is 0.382. The molecule has 31 heavy (non-hydrogen) atoms. The molecule has 0 aliphatic heterocycles. The Balaban J connectivity index is 2.05. The van der Waals surface area contributed by atoms with E-state index in [9.17, 15) is 9.59 Å². The number of methoxy groups -OCH3 is 1. The van der Waals surface area contributed by atoms with E-state index in [1.165, 1.54) is 6.08 Å². The van der Waals surface area contributed by atoms with Gasteiger partial charge in [-0.2, -0.15) is 0 Å². The van der Waals surface area contributed by atoms with Gasteiger partial charge in [0.05, 0.1) is 12.8 Å². The van der Waals surface area contributed by atoms with Crippen molar-refractivity contribution in [1.29, 1.82) is 0 Å². The summed E-state index contributed by atoms with van der Waals surface area (Å²) in [6.07, 6.45) is 1.40. The van der Waals surface area contributed by atoms with Crippen molar-refractivity contribution >= 4 is 17.3 Å². The van der Waals surface area contributed by atoms with Crippen molar-refractivity contribution in [2.24, 2.45) is 0 Å². The van der Waals surface area contributed by atoms with Gasteiger partial charge in [-0.25, -0.2) is 0 Å². The molecule has 1 N–H and O–H groups in total. The zero-order valence-electron chi connectivity index (χ0n) is 18.6. The first kappa shape index (κ1) is 22.0. The van der Waals surface area contributed by atoms with Gasteiger partial charge in [-0.15, -0.1) is 0 Å². The molecule has 3 rings (SSSR count). The maximum absolute atomic E-state index is 13.5. The van der Waals surface area contributed by atoms with Crippen LogP contribution in [0.4, 0.5) is 5.69 Å². The molecule has 0 saturated carbocycles. The van der Waals surface area contributed by atoms with E-state index >= 15 is 0 Å². The fourth-order valence-electron chi connectivity index (χ4n) is 3.32. The normalized spacial score (nSPS) is 11.2. The largest absolute Gasteiger partial charge is 0.497 e. The van der Waals surface area contributed by atoms with Gasteiger partial charge >= 0.3 is 0 Å². The van der Waals surface area contributed by atoms with Gasteiger partial charge in [0.2, 0.25) is 5.78 Å². The highest BCUT2D eigenvalue weighted by Gasteiger charge is 2.18. The number of hydrogen-bond acceptors (Lipinski definition) is 4. The first-order chi connectivity index (χ1) is 14.8. The maximum Gasteiger partial charge on any atom is 0.209 e. The Labute approximate surface area is 183 Å². The minimum Gasteiger partial charge on any atom is -0.497 e. The zero-order valence-corrected chi connectivity index (χ0v) is 18.6. The summed E-state index contributed by atoms with van der Waals surface area (Å²) in [5, 5.41) is 3.15. The molecule has 0 spiro atoms. The molecule has 0 aliphatic rings. The molecule has 4 heteroatoms. The van der Waals surface area contributed by atoms with E-state index in [-0.39, 0.29) is 17.3 Å². The Morgan fingerprint density at radius 3 is 1.90 bits per heavy atom. The number of hydrogen-bond donors (Lipinski definition) is 1. The minimum atomic E-state index is -0.226. The van der Waals surface area contributed by atoms with E-state index in [4.69, 9.17) is 4.74 Å². The minimum absolute atomic E-state index is 0.212. The molecule has 3 aromatic rings. The van der Waals surface area contributed by atoms with Gasteiger partial charge in [-0.05, 0) is 75.2 Å². The maximum atomic E-state index is 13.5. The third-order valence-electron chi connectivity index (χ3n) is 5.19. The molecule has 158 valence electrons. The van der Waals surface area contributed by atoms with E-state index in [0.717, 1.165) is 22.3 Å². The molecule has 0 atom stereocenters. The molecule has 0 unspecified atom stereocenters. The van der Waals surface area contributed by atoms with E-state index in [2.05, 4.69) is 5.32 Å². The van der Waals surface area contributed by atoms with Crippen molar-refractivity contribution in [1.82, 2.24) is 0 Å². The number of allylic oxidation sites excluding steroid dienone is 2. The Hall–Kier alpha value is -3.66. The third-order valence-corrected chi connectivity index (χ3v) is 5.19. The summed E-state index contributed by atoms with van der Waals surface area (Å²) in [5.74, 6) is 0.273. The SMILES string of the molecule is COc1ccc(N/C(=C\C(=O)c2cc(C)ccc2C)C(=O)c2cc(C)ccc2C)cc1. The van der Waals surface area contributed by atoms with Crippen molar-refractivity contribution in [2.45, 2.75) is 27.7 Å². The van der Waals surface area contributed by atoms with Gasteiger partial charge in [-0.3, -0.25) is 9.59 Å². The summed E-state index contributed by atoms with van der Waals surface area (Å²) in [6, 6.07) is 18.7. The van der Waals surface area contributed by atoms with Crippen LogP contribution < -0.4 is 10.1 Å². The number of carbonyl (C=O) groups excluding carboxylic acids is 2. The highest BCUT2D eigenvalue weighted by Crippen LogP contribution is 2.21. The number of ketones is 2. The molecule has 0 aromatic heterocycles. The smallest absolute Gasteiger partial charge is 0.209 e. The summed E-state index contributed by atoms with van der Waals surface area (Å²) in [6.45, 7) is 7.67. The lowest BCUT2D eigenvalue weighted by atomic mass is 9.97. The number of Topliss-reactive ketones (excluding diaryl/α,β-unsaturated/α-hetero) is 1. The van der Waals surface area contributed by atoms with Gasteiger partial charge in [0.15, 0.2) is 5.78 Å². The van der Waals surface area contributed by atoms with Crippen LogP contribution >= 0.6 is 0 Å². The summed E-state index contributed by atoms with van der Waals surface area (Å²) in [7, 11) is 1.60. The number of aryl methyl sites for hydroxylation is 4. The van der Waals surface area contributed by atoms with Gasteiger partial charge in [0, 0.05) is 22.9 Å². The lowest BCUT2D eigenvalue weighted by Crippen LogP contribution is -2.15. The number of carbonyl (C=O) groups is 2. The topological polar surface area (TPSA) is 55.4 Å². The fourth-order valence-corrected chi connectivity index (χ4v) is 3.32. The van der Waals surface area contributed by atoms with E-state index in [1.807, 2.05) is 76.2 Å². The average molecular weight is 414 g/mol.